The van der Waals surface area contributed by atoms with Crippen LogP contribution in [-0.4, -0.2) is 35.6 Å². The van der Waals surface area contributed by atoms with Crippen LogP contribution in [0.1, 0.15) is 6.92 Å². The Morgan fingerprint density at radius 1 is 1.56 bits per heavy atom. The molecule has 0 fully saturated rings. The maximum atomic E-state index is 5.99. The highest BCUT2D eigenvalue weighted by molar-refractivity contribution is 7.98. The summed E-state index contributed by atoms with van der Waals surface area (Å²) < 4.78 is 0. The summed E-state index contributed by atoms with van der Waals surface area (Å²) in [5.41, 5.74) is 0. The zero-order chi connectivity index (χ0) is 12.0. The van der Waals surface area contributed by atoms with Gasteiger partial charge in [-0.3, -0.25) is 0 Å². The van der Waals surface area contributed by atoms with E-state index in [2.05, 4.69) is 33.8 Å². The predicted molar refractivity (Wildman–Crippen MR) is 72.6 cm³/mol. The van der Waals surface area contributed by atoms with Crippen molar-refractivity contribution < 1.29 is 0 Å². The smallest absolute Gasteiger partial charge is 0.224 e. The SMILES string of the molecule is CNc1ncc(Cl)c(NCC(C)CSC)n1. The topological polar surface area (TPSA) is 49.8 Å². The summed E-state index contributed by atoms with van der Waals surface area (Å²) in [7, 11) is 1.78. The third-order valence-electron chi connectivity index (χ3n) is 2.04. The summed E-state index contributed by atoms with van der Waals surface area (Å²) in [5, 5.41) is 6.67. The summed E-state index contributed by atoms with van der Waals surface area (Å²) in [6.45, 7) is 3.05. The van der Waals surface area contributed by atoms with Gasteiger partial charge in [0.1, 0.15) is 10.8 Å². The largest absolute Gasteiger partial charge is 0.368 e. The lowest BCUT2D eigenvalue weighted by Gasteiger charge is -2.12. The summed E-state index contributed by atoms with van der Waals surface area (Å²) >= 11 is 7.83. The number of halogens is 1. The molecule has 1 aromatic rings. The van der Waals surface area contributed by atoms with Gasteiger partial charge >= 0.3 is 0 Å². The summed E-state index contributed by atoms with van der Waals surface area (Å²) in [6.07, 6.45) is 3.70. The van der Waals surface area contributed by atoms with E-state index < -0.39 is 0 Å². The Balaban J connectivity index is 2.58. The standard InChI is InChI=1S/C10H17ClN4S/c1-7(6-16-3)4-13-9-8(11)5-14-10(12-2)15-9/h5,7H,4,6H2,1-3H3,(H2,12,13,14,15). The molecule has 90 valence electrons. The monoisotopic (exact) mass is 260 g/mol. The van der Waals surface area contributed by atoms with Crippen molar-refractivity contribution in [1.29, 1.82) is 0 Å². The van der Waals surface area contributed by atoms with E-state index in [1.165, 1.54) is 0 Å². The zero-order valence-electron chi connectivity index (χ0n) is 9.75. The summed E-state index contributed by atoms with van der Waals surface area (Å²) in [4.78, 5) is 8.27. The number of hydrogen-bond donors (Lipinski definition) is 2. The lowest BCUT2D eigenvalue weighted by atomic mass is 10.2. The van der Waals surface area contributed by atoms with Crippen molar-refractivity contribution in [2.24, 2.45) is 5.92 Å². The molecule has 1 unspecified atom stereocenters. The second-order valence-corrected chi connectivity index (χ2v) is 4.90. The van der Waals surface area contributed by atoms with Crippen molar-refractivity contribution in [3.8, 4) is 0 Å². The molecule has 0 saturated carbocycles. The summed E-state index contributed by atoms with van der Waals surface area (Å²) in [5.74, 6) is 2.96. The molecule has 0 bridgehead atoms. The van der Waals surface area contributed by atoms with Gasteiger partial charge in [-0.05, 0) is 17.9 Å². The highest BCUT2D eigenvalue weighted by atomic mass is 35.5. The number of thioether (sulfide) groups is 1. The molecule has 1 atom stereocenters. The predicted octanol–water partition coefficient (Wildman–Crippen LogP) is 2.58. The van der Waals surface area contributed by atoms with E-state index in [1.807, 2.05) is 11.8 Å². The number of rotatable bonds is 6. The van der Waals surface area contributed by atoms with E-state index in [0.29, 0.717) is 22.7 Å². The van der Waals surface area contributed by atoms with Gasteiger partial charge in [-0.1, -0.05) is 18.5 Å². The lowest BCUT2D eigenvalue weighted by Crippen LogP contribution is -2.15. The molecule has 1 heterocycles. The van der Waals surface area contributed by atoms with Crippen LogP contribution in [0.15, 0.2) is 6.20 Å². The molecule has 0 radical (unpaired) electrons. The van der Waals surface area contributed by atoms with Gasteiger partial charge in [0.05, 0.1) is 6.20 Å². The first-order chi connectivity index (χ1) is 7.67. The molecule has 1 rings (SSSR count). The van der Waals surface area contributed by atoms with Crippen LogP contribution in [0.2, 0.25) is 5.02 Å². The number of anilines is 2. The fourth-order valence-corrected chi connectivity index (χ4v) is 2.07. The first-order valence-electron chi connectivity index (χ1n) is 5.10. The molecule has 0 aliphatic heterocycles. The quantitative estimate of drug-likeness (QED) is 0.823. The number of nitrogens with one attached hydrogen (secondary N) is 2. The van der Waals surface area contributed by atoms with Gasteiger partial charge in [-0.25, -0.2) is 4.98 Å². The minimum Gasteiger partial charge on any atom is -0.368 e. The molecule has 0 amide bonds. The molecule has 0 aliphatic rings. The average molecular weight is 261 g/mol. The molecule has 4 nitrogen and oxygen atoms in total. The lowest BCUT2D eigenvalue weighted by molar-refractivity contribution is 0.699. The van der Waals surface area contributed by atoms with Crippen LogP contribution in [-0.2, 0) is 0 Å². The molecule has 0 aliphatic carbocycles. The molecular weight excluding hydrogens is 244 g/mol. The zero-order valence-corrected chi connectivity index (χ0v) is 11.3. The van der Waals surface area contributed by atoms with Crippen LogP contribution < -0.4 is 10.6 Å². The van der Waals surface area contributed by atoms with Gasteiger partial charge in [0, 0.05) is 13.6 Å². The van der Waals surface area contributed by atoms with Crippen molar-refractivity contribution in [1.82, 2.24) is 9.97 Å². The minimum atomic E-state index is 0.551. The van der Waals surface area contributed by atoms with Gasteiger partial charge in [0.2, 0.25) is 5.95 Å². The second-order valence-electron chi connectivity index (χ2n) is 3.58. The van der Waals surface area contributed by atoms with Crippen molar-refractivity contribution in [2.45, 2.75) is 6.92 Å². The highest BCUT2D eigenvalue weighted by Crippen LogP contribution is 2.19. The van der Waals surface area contributed by atoms with Gasteiger partial charge in [0.25, 0.3) is 0 Å². The Hall–Kier alpha value is -0.680. The van der Waals surface area contributed by atoms with E-state index in [1.54, 1.807) is 13.2 Å². The van der Waals surface area contributed by atoms with Gasteiger partial charge < -0.3 is 10.6 Å². The van der Waals surface area contributed by atoms with Gasteiger partial charge in [-0.2, -0.15) is 16.7 Å². The Kier molecular flexibility index (Phi) is 5.69. The fourth-order valence-electron chi connectivity index (χ4n) is 1.23. The van der Waals surface area contributed by atoms with Gasteiger partial charge in [-0.15, -0.1) is 0 Å². The maximum absolute atomic E-state index is 5.99. The Morgan fingerprint density at radius 3 is 2.94 bits per heavy atom. The van der Waals surface area contributed by atoms with E-state index in [4.69, 9.17) is 11.6 Å². The molecular formula is C10H17ClN4S. The number of nitrogens with zero attached hydrogens (tertiary/aromatic N) is 2. The Morgan fingerprint density at radius 2 is 2.31 bits per heavy atom. The molecule has 0 aromatic carbocycles. The van der Waals surface area contributed by atoms with Crippen LogP contribution >= 0.6 is 23.4 Å². The van der Waals surface area contributed by atoms with Crippen LogP contribution in [0.3, 0.4) is 0 Å². The number of hydrogen-bond acceptors (Lipinski definition) is 5. The molecule has 2 N–H and O–H groups in total. The third kappa shape index (κ3) is 4.06. The maximum Gasteiger partial charge on any atom is 0.224 e. The molecule has 1 aromatic heterocycles. The first-order valence-corrected chi connectivity index (χ1v) is 6.87. The average Bonchev–Trinajstić information content (AvgIpc) is 2.28. The highest BCUT2D eigenvalue weighted by Gasteiger charge is 2.06. The van der Waals surface area contributed by atoms with Crippen LogP contribution in [0, 0.1) is 5.92 Å². The van der Waals surface area contributed by atoms with Gasteiger partial charge in [0.15, 0.2) is 0 Å². The third-order valence-corrected chi connectivity index (χ3v) is 3.22. The van der Waals surface area contributed by atoms with Crippen molar-refractivity contribution in [3.63, 3.8) is 0 Å². The van der Waals surface area contributed by atoms with E-state index in [0.717, 1.165) is 12.3 Å². The van der Waals surface area contributed by atoms with Crippen LogP contribution in [0.5, 0.6) is 0 Å². The van der Waals surface area contributed by atoms with Crippen molar-refractivity contribution in [2.75, 3.05) is 36.2 Å². The van der Waals surface area contributed by atoms with Crippen molar-refractivity contribution in [3.05, 3.63) is 11.2 Å². The van der Waals surface area contributed by atoms with E-state index in [-0.39, 0.29) is 0 Å². The first kappa shape index (κ1) is 13.4. The summed E-state index contributed by atoms with van der Waals surface area (Å²) in [6, 6.07) is 0. The van der Waals surface area contributed by atoms with Crippen LogP contribution in [0.4, 0.5) is 11.8 Å². The van der Waals surface area contributed by atoms with Crippen LogP contribution in [0.25, 0.3) is 0 Å². The molecule has 6 heteroatoms. The van der Waals surface area contributed by atoms with Crippen molar-refractivity contribution >= 4 is 35.1 Å². The molecule has 16 heavy (non-hydrogen) atoms. The van der Waals surface area contributed by atoms with E-state index in [9.17, 15) is 0 Å². The number of aromatic nitrogens is 2. The fraction of sp³-hybridized carbons (Fsp3) is 0.600. The normalized spacial score (nSPS) is 12.2. The minimum absolute atomic E-state index is 0.551. The Bertz CT molecular complexity index is 335. The second kappa shape index (κ2) is 6.81. The molecule has 0 saturated heterocycles. The molecule has 0 spiro atoms. The Labute approximate surface area is 106 Å². The van der Waals surface area contributed by atoms with E-state index >= 15 is 0 Å².